The zero-order chi connectivity index (χ0) is 0. The van der Waals surface area contributed by atoms with Gasteiger partial charge >= 0.3 is 23.1 Å². The van der Waals surface area contributed by atoms with E-state index in [1.54, 1.807) is 0 Å². The van der Waals surface area contributed by atoms with E-state index in [0.29, 0.717) is 0 Å². The average molecular weight is 238 g/mol. The van der Waals surface area contributed by atoms with Gasteiger partial charge in [0.25, 0.3) is 0 Å². The Kier molecular flexibility index (Phi) is 124. The molecule has 0 bridgehead atoms. The van der Waals surface area contributed by atoms with Crippen molar-refractivity contribution in [3.63, 3.8) is 0 Å². The molecule has 0 rings (SSSR count). The summed E-state index contributed by atoms with van der Waals surface area (Å²) >= 11 is 0. The third kappa shape index (κ3) is 8.84. The molecule has 0 amide bonds. The van der Waals surface area contributed by atoms with Crippen LogP contribution in [0.2, 0.25) is 0 Å². The fourth-order valence-electron chi connectivity index (χ4n) is 0. The van der Waals surface area contributed by atoms with E-state index in [2.05, 4.69) is 0 Å². The summed E-state index contributed by atoms with van der Waals surface area (Å²) in [4.78, 5) is 0. The van der Waals surface area contributed by atoms with Gasteiger partial charge in [0.05, 0.1) is 0 Å². The Morgan fingerprint density at radius 1 is 1.25 bits per heavy atom. The Bertz CT molecular complexity index is 13.5. The minimum absolute atomic E-state index is 0. The predicted octanol–water partition coefficient (Wildman–Crippen LogP) is -1.30. The van der Waals surface area contributed by atoms with Crippen LogP contribution in [0.3, 0.4) is 0 Å². The molecular weight excluding hydrogens is 236 g/mol. The Morgan fingerprint density at radius 3 is 1.25 bits per heavy atom. The third-order valence-electron chi connectivity index (χ3n) is 0. The topological polar surface area (TPSA) is 0 Å². The minimum Gasteiger partial charge on any atom is -1.00 e. The maximum absolute atomic E-state index is 0. The fraction of sp³-hybridized carbons (Fsp3) is 0. The van der Waals surface area contributed by atoms with Crippen LogP contribution >= 0.6 is 0 Å². The third-order valence-corrected chi connectivity index (χ3v) is 0. The molecule has 0 aromatic heterocycles. The summed E-state index contributed by atoms with van der Waals surface area (Å²) in [6, 6.07) is 0. The van der Waals surface area contributed by atoms with Crippen molar-refractivity contribution in [1.29, 1.82) is 0 Å². The first-order valence-corrected chi connectivity index (χ1v) is 0. The molecule has 0 unspecified atom stereocenters. The standard InChI is InChI=1S/Al.Ga.In.Mg.2H/q;;;+2;2*-1. The maximum Gasteiger partial charge on any atom is 2.00 e. The molecule has 0 aliphatic carbocycles. The van der Waals surface area contributed by atoms with Gasteiger partial charge in [0.15, 0.2) is 0 Å². The van der Waals surface area contributed by atoms with Crippen LogP contribution in [0.15, 0.2) is 0 Å². The number of rotatable bonds is 0. The number of hydrogen-bond donors (Lipinski definition) is 0. The van der Waals surface area contributed by atoms with Gasteiger partial charge in [-0.15, -0.1) is 0 Å². The van der Waals surface area contributed by atoms with Crippen molar-refractivity contribution < 1.29 is 2.85 Å². The summed E-state index contributed by atoms with van der Waals surface area (Å²) < 4.78 is 0. The molecule has 0 aromatic carbocycles. The van der Waals surface area contributed by atoms with Crippen LogP contribution in [0, 0.1) is 0 Å². The molecule has 0 aliphatic rings. The first kappa shape index (κ1) is 29.1. The Balaban J connectivity index is 0. The first-order chi connectivity index (χ1) is 0. The molecule has 4 heteroatoms. The zero-order valence-corrected chi connectivity index (χ0v) is 10.7. The van der Waals surface area contributed by atoms with Gasteiger partial charge in [-0.25, -0.2) is 0 Å². The van der Waals surface area contributed by atoms with Crippen molar-refractivity contribution in [2.24, 2.45) is 0 Å². The molecule has 0 nitrogen and oxygen atoms in total. The summed E-state index contributed by atoms with van der Waals surface area (Å²) in [5.41, 5.74) is 0. The summed E-state index contributed by atoms with van der Waals surface area (Å²) in [6.45, 7) is 0. The second-order valence-corrected chi connectivity index (χ2v) is 0. The van der Waals surface area contributed by atoms with Crippen molar-refractivity contribution in [1.82, 2.24) is 0 Å². The van der Waals surface area contributed by atoms with Gasteiger partial charge in [0.1, 0.15) is 0 Å². The van der Waals surface area contributed by atoms with Gasteiger partial charge in [-0.05, 0) is 0 Å². The smallest absolute Gasteiger partial charge is 1.00 e. The quantitative estimate of drug-likeness (QED) is 0.460. The van der Waals surface area contributed by atoms with E-state index in [1.165, 1.54) is 0 Å². The van der Waals surface area contributed by atoms with E-state index in [4.69, 9.17) is 0 Å². The van der Waals surface area contributed by atoms with Crippen LogP contribution in [0.4, 0.5) is 0 Å². The molecule has 13 valence electrons. The van der Waals surface area contributed by atoms with Crippen LogP contribution in [0.5, 0.6) is 0 Å². The van der Waals surface area contributed by atoms with Crippen molar-refractivity contribution >= 4 is 86.0 Å². The van der Waals surface area contributed by atoms with Crippen molar-refractivity contribution in [3.8, 4) is 0 Å². The van der Waals surface area contributed by atoms with Crippen LogP contribution in [0.1, 0.15) is 2.85 Å². The van der Waals surface area contributed by atoms with Gasteiger partial charge in [-0.2, -0.15) is 0 Å². The molecule has 0 aliphatic heterocycles. The SMILES string of the molecule is [Al].[Ga].[H-].[H-].[In].[Mg+2]. The summed E-state index contributed by atoms with van der Waals surface area (Å²) in [6.07, 6.45) is 0. The Labute approximate surface area is 87.6 Å². The van der Waals surface area contributed by atoms with Crippen molar-refractivity contribution in [3.05, 3.63) is 0 Å². The maximum atomic E-state index is 0. The largest absolute Gasteiger partial charge is 2.00 e. The van der Waals surface area contributed by atoms with Crippen LogP contribution < -0.4 is 0 Å². The molecule has 0 N–H and O–H groups in total. The van der Waals surface area contributed by atoms with E-state index in [1.807, 2.05) is 0 Å². The summed E-state index contributed by atoms with van der Waals surface area (Å²) in [5, 5.41) is 0. The van der Waals surface area contributed by atoms with Gasteiger partial charge < -0.3 is 2.85 Å². The Morgan fingerprint density at radius 2 is 1.25 bits per heavy atom. The van der Waals surface area contributed by atoms with Crippen LogP contribution in [-0.2, 0) is 0 Å². The Hall–Kier alpha value is 2.81. The van der Waals surface area contributed by atoms with E-state index < -0.39 is 0 Å². The van der Waals surface area contributed by atoms with E-state index in [0.717, 1.165) is 0 Å². The molecule has 0 aromatic rings. The molecule has 0 heterocycles. The zero-order valence-electron chi connectivity index (χ0n) is 4.44. The van der Waals surface area contributed by atoms with Gasteiger partial charge in [-0.1, -0.05) is 0 Å². The minimum atomic E-state index is 0. The molecule has 0 atom stereocenters. The van der Waals surface area contributed by atoms with E-state index in [-0.39, 0.29) is 88.9 Å². The fourth-order valence-corrected chi connectivity index (χ4v) is 0. The molecule has 0 spiro atoms. The van der Waals surface area contributed by atoms with Crippen molar-refractivity contribution in [2.45, 2.75) is 0 Å². The number of hydrogen-bond acceptors (Lipinski definition) is 0. The van der Waals surface area contributed by atoms with Gasteiger partial charge in [-0.3, -0.25) is 0 Å². The molecule has 0 saturated carbocycles. The van der Waals surface area contributed by atoms with Crippen LogP contribution in [0.25, 0.3) is 0 Å². The van der Waals surface area contributed by atoms with Gasteiger partial charge in [0, 0.05) is 63.0 Å². The van der Waals surface area contributed by atoms with Crippen LogP contribution in [-0.4, -0.2) is 86.0 Å². The molecule has 4 heavy (non-hydrogen) atoms. The van der Waals surface area contributed by atoms with Crippen molar-refractivity contribution in [2.75, 3.05) is 0 Å². The summed E-state index contributed by atoms with van der Waals surface area (Å²) in [5.74, 6) is 0. The second kappa shape index (κ2) is 17.0. The molecule has 9 radical (unpaired) electrons. The first-order valence-electron chi connectivity index (χ1n) is 0. The molecular formula is H2AlGaInMg. The average Bonchev–Trinajstić information content (AvgIpc) is 0. The second-order valence-electron chi connectivity index (χ2n) is 0. The van der Waals surface area contributed by atoms with Gasteiger partial charge in [0.2, 0.25) is 0 Å². The van der Waals surface area contributed by atoms with E-state index >= 15 is 0 Å². The molecule has 0 fully saturated rings. The normalized spacial score (nSPS) is 0. The summed E-state index contributed by atoms with van der Waals surface area (Å²) in [7, 11) is 0. The monoisotopic (exact) mass is 237 g/mol. The van der Waals surface area contributed by atoms with E-state index in [9.17, 15) is 0 Å². The predicted molar refractivity (Wildman–Crippen MR) is 25.2 cm³/mol. The molecule has 0 saturated heterocycles.